The second kappa shape index (κ2) is 14.0. The molecular weight excluding hydrogens is 515 g/mol. The van der Waals surface area contributed by atoms with Crippen molar-refractivity contribution in [2.75, 3.05) is 67.0 Å². The van der Waals surface area contributed by atoms with Crippen molar-refractivity contribution in [3.63, 3.8) is 0 Å². The van der Waals surface area contributed by atoms with Crippen LogP contribution < -0.4 is 10.6 Å². The maximum Gasteiger partial charge on any atom is 0.220 e. The molecule has 1 atom stereocenters. The van der Waals surface area contributed by atoms with E-state index in [-0.39, 0.29) is 29.9 Å². The first-order valence-electron chi connectivity index (χ1n) is 11.7. The summed E-state index contributed by atoms with van der Waals surface area (Å²) < 4.78 is 0. The van der Waals surface area contributed by atoms with E-state index in [1.54, 1.807) is 7.05 Å². The van der Waals surface area contributed by atoms with Gasteiger partial charge in [-0.25, -0.2) is 0 Å². The Labute approximate surface area is 211 Å². The van der Waals surface area contributed by atoms with Gasteiger partial charge in [0.15, 0.2) is 5.96 Å². The van der Waals surface area contributed by atoms with Crippen molar-refractivity contribution in [2.24, 2.45) is 10.9 Å². The molecule has 2 N–H and O–H groups in total. The number of carbonyl (C=O) groups excluding carboxylic acids is 1. The van der Waals surface area contributed by atoms with Crippen molar-refractivity contribution >= 4 is 35.8 Å². The number of hydrogen-bond acceptors (Lipinski definition) is 4. The van der Waals surface area contributed by atoms with Gasteiger partial charge in [-0.05, 0) is 37.8 Å². The Kier molecular flexibility index (Phi) is 11.7. The summed E-state index contributed by atoms with van der Waals surface area (Å²) in [5.41, 5.74) is 1.41. The molecule has 1 amide bonds. The lowest BCUT2D eigenvalue weighted by Gasteiger charge is -2.40. The van der Waals surface area contributed by atoms with Crippen molar-refractivity contribution in [3.05, 3.63) is 35.9 Å². The summed E-state index contributed by atoms with van der Waals surface area (Å²) in [6, 6.07) is 11.4. The fraction of sp³-hybridized carbons (Fsp3) is 0.667. The van der Waals surface area contributed by atoms with Gasteiger partial charge in [0.05, 0.1) is 0 Å². The molecular formula is C24H41IN6O. The number of likely N-dealkylation sites (N-methyl/N-ethyl adjacent to an activating group) is 1. The van der Waals surface area contributed by atoms with Crippen molar-refractivity contribution < 1.29 is 4.79 Å². The Morgan fingerprint density at radius 3 is 2.50 bits per heavy atom. The number of likely N-dealkylation sites (tertiary alicyclic amines) is 1. The van der Waals surface area contributed by atoms with E-state index in [1.165, 1.54) is 5.56 Å². The van der Waals surface area contributed by atoms with E-state index in [2.05, 4.69) is 67.7 Å². The van der Waals surface area contributed by atoms with Crippen LogP contribution in [-0.2, 0) is 4.79 Å². The van der Waals surface area contributed by atoms with Crippen LogP contribution in [0.4, 0.5) is 0 Å². The van der Waals surface area contributed by atoms with Crippen LogP contribution in [0.15, 0.2) is 35.3 Å². The Bertz CT molecular complexity index is 708. The van der Waals surface area contributed by atoms with E-state index < -0.39 is 0 Å². The number of hydrogen-bond donors (Lipinski definition) is 2. The summed E-state index contributed by atoms with van der Waals surface area (Å²) in [5.74, 6) is 1.64. The first-order valence-corrected chi connectivity index (χ1v) is 11.7. The standard InChI is InChI=1S/C24H40N6O.HI/c1-25-23(31)18-20-10-14-30(15-11-20)24(26-2)27-12-7-13-29-17-16-28(3)19-22(29)21-8-5-4-6-9-21;/h4-6,8-9,20,22H,7,10-19H2,1-3H3,(H,25,31)(H,26,27);1H. The zero-order chi connectivity index (χ0) is 22.1. The third-order valence-electron chi connectivity index (χ3n) is 6.66. The summed E-state index contributed by atoms with van der Waals surface area (Å²) in [4.78, 5) is 23.5. The van der Waals surface area contributed by atoms with E-state index in [0.717, 1.165) is 71.0 Å². The summed E-state index contributed by atoms with van der Waals surface area (Å²) in [5, 5.41) is 6.31. The molecule has 1 aromatic carbocycles. The smallest absolute Gasteiger partial charge is 0.220 e. The number of benzene rings is 1. The van der Waals surface area contributed by atoms with Crippen LogP contribution in [0.25, 0.3) is 0 Å². The minimum absolute atomic E-state index is 0. The Balaban J connectivity index is 0.00000363. The lowest BCUT2D eigenvalue weighted by molar-refractivity contribution is -0.121. The molecule has 1 aromatic rings. The van der Waals surface area contributed by atoms with Gasteiger partial charge in [-0.1, -0.05) is 30.3 Å². The van der Waals surface area contributed by atoms with Crippen molar-refractivity contribution in [2.45, 2.75) is 31.7 Å². The molecule has 2 heterocycles. The average Bonchev–Trinajstić information content (AvgIpc) is 2.81. The predicted molar refractivity (Wildman–Crippen MR) is 143 cm³/mol. The molecule has 0 aliphatic carbocycles. The predicted octanol–water partition coefficient (Wildman–Crippen LogP) is 2.41. The van der Waals surface area contributed by atoms with Crippen LogP contribution in [0.2, 0.25) is 0 Å². The SMILES string of the molecule is CN=C(NCCCN1CCN(C)CC1c1ccccc1)N1CCC(CC(=O)NC)CC1.I. The average molecular weight is 557 g/mol. The van der Waals surface area contributed by atoms with Crippen LogP contribution >= 0.6 is 24.0 Å². The van der Waals surface area contributed by atoms with Crippen LogP contribution in [0.1, 0.15) is 37.3 Å². The molecule has 0 bridgehead atoms. The Morgan fingerprint density at radius 1 is 1.12 bits per heavy atom. The number of aliphatic imine (C=N–C) groups is 1. The fourth-order valence-corrected chi connectivity index (χ4v) is 4.74. The van der Waals surface area contributed by atoms with Crippen molar-refractivity contribution in [1.82, 2.24) is 25.3 Å². The lowest BCUT2D eigenvalue weighted by atomic mass is 9.93. The maximum absolute atomic E-state index is 11.6. The molecule has 0 radical (unpaired) electrons. The van der Waals surface area contributed by atoms with Crippen LogP contribution in [0, 0.1) is 5.92 Å². The third-order valence-corrected chi connectivity index (χ3v) is 6.66. The maximum atomic E-state index is 11.6. The molecule has 0 aromatic heterocycles. The highest BCUT2D eigenvalue weighted by Crippen LogP contribution is 2.25. The molecule has 180 valence electrons. The first kappa shape index (κ1) is 26.9. The van der Waals surface area contributed by atoms with Gasteiger partial charge in [0.2, 0.25) is 5.91 Å². The van der Waals surface area contributed by atoms with Gasteiger partial charge in [-0.15, -0.1) is 24.0 Å². The summed E-state index contributed by atoms with van der Waals surface area (Å²) in [7, 11) is 5.80. The zero-order valence-corrected chi connectivity index (χ0v) is 22.3. The molecule has 2 aliphatic rings. The van der Waals surface area contributed by atoms with E-state index in [4.69, 9.17) is 0 Å². The van der Waals surface area contributed by atoms with E-state index in [9.17, 15) is 4.79 Å². The van der Waals surface area contributed by atoms with Crippen LogP contribution in [0.5, 0.6) is 0 Å². The van der Waals surface area contributed by atoms with Crippen LogP contribution in [-0.4, -0.2) is 93.5 Å². The quantitative estimate of drug-likeness (QED) is 0.234. The molecule has 0 spiro atoms. The molecule has 8 heteroatoms. The largest absolute Gasteiger partial charge is 0.359 e. The molecule has 0 saturated carbocycles. The molecule has 1 unspecified atom stereocenters. The summed E-state index contributed by atoms with van der Waals surface area (Å²) in [6.07, 6.45) is 3.84. The van der Waals surface area contributed by atoms with Gasteiger partial charge >= 0.3 is 0 Å². The van der Waals surface area contributed by atoms with Gasteiger partial charge in [-0.3, -0.25) is 14.7 Å². The highest BCUT2D eigenvalue weighted by Gasteiger charge is 2.26. The molecule has 7 nitrogen and oxygen atoms in total. The second-order valence-electron chi connectivity index (χ2n) is 8.86. The molecule has 2 fully saturated rings. The van der Waals surface area contributed by atoms with Gasteiger partial charge in [0.25, 0.3) is 0 Å². The number of nitrogens with one attached hydrogen (secondary N) is 2. The third kappa shape index (κ3) is 7.88. The van der Waals surface area contributed by atoms with Crippen molar-refractivity contribution in [3.8, 4) is 0 Å². The number of rotatable bonds is 7. The van der Waals surface area contributed by atoms with E-state index >= 15 is 0 Å². The number of carbonyl (C=O) groups is 1. The lowest BCUT2D eigenvalue weighted by Crippen LogP contribution is -2.48. The second-order valence-corrected chi connectivity index (χ2v) is 8.86. The zero-order valence-electron chi connectivity index (χ0n) is 19.9. The van der Waals surface area contributed by atoms with Gasteiger partial charge in [0.1, 0.15) is 0 Å². The van der Waals surface area contributed by atoms with Gasteiger partial charge < -0.3 is 20.4 Å². The highest BCUT2D eigenvalue weighted by molar-refractivity contribution is 14.0. The molecule has 32 heavy (non-hydrogen) atoms. The number of nitrogens with zero attached hydrogens (tertiary/aromatic N) is 4. The number of halogens is 1. The van der Waals surface area contributed by atoms with E-state index in [0.29, 0.717) is 18.4 Å². The first-order chi connectivity index (χ1) is 15.1. The van der Waals surface area contributed by atoms with Crippen molar-refractivity contribution in [1.29, 1.82) is 0 Å². The minimum Gasteiger partial charge on any atom is -0.359 e. The Hall–Kier alpha value is -1.39. The normalized spacial score (nSPS) is 21.2. The molecule has 2 aliphatic heterocycles. The van der Waals surface area contributed by atoms with Gasteiger partial charge in [-0.2, -0.15) is 0 Å². The van der Waals surface area contributed by atoms with Gasteiger partial charge in [0, 0.05) is 72.4 Å². The minimum atomic E-state index is 0. The number of guanidine groups is 1. The van der Waals surface area contributed by atoms with E-state index in [1.807, 2.05) is 7.05 Å². The summed E-state index contributed by atoms with van der Waals surface area (Å²) in [6.45, 7) is 7.28. The fourth-order valence-electron chi connectivity index (χ4n) is 4.74. The highest BCUT2D eigenvalue weighted by atomic mass is 127. The molecule has 2 saturated heterocycles. The monoisotopic (exact) mass is 556 g/mol. The summed E-state index contributed by atoms with van der Waals surface area (Å²) >= 11 is 0. The van der Waals surface area contributed by atoms with Crippen LogP contribution in [0.3, 0.4) is 0 Å². The number of piperidine rings is 1. The number of piperazine rings is 1. The number of amides is 1. The molecule has 3 rings (SSSR count). The Morgan fingerprint density at radius 2 is 1.84 bits per heavy atom. The topological polar surface area (TPSA) is 63.2 Å².